The molecule has 0 spiro atoms. The van der Waals surface area contributed by atoms with Crippen LogP contribution < -0.4 is 0 Å². The van der Waals surface area contributed by atoms with E-state index in [4.69, 9.17) is 4.74 Å². The van der Waals surface area contributed by atoms with E-state index in [1.54, 1.807) is 19.9 Å². The molecule has 0 aliphatic rings. The Morgan fingerprint density at radius 3 is 2.30 bits per heavy atom. The Hall–Kier alpha value is -2.21. The van der Waals surface area contributed by atoms with Crippen LogP contribution in [-0.2, 0) is 14.6 Å². The van der Waals surface area contributed by atoms with Gasteiger partial charge in [-0.25, -0.2) is 17.6 Å². The van der Waals surface area contributed by atoms with Crippen molar-refractivity contribution in [2.45, 2.75) is 24.8 Å². The Kier molecular flexibility index (Phi) is 4.85. The fraction of sp³-hybridized carbons (Fsp3) is 0.235. The summed E-state index contributed by atoms with van der Waals surface area (Å²) in [5, 5.41) is 0. The van der Waals surface area contributed by atoms with Crippen molar-refractivity contribution >= 4 is 15.8 Å². The summed E-state index contributed by atoms with van der Waals surface area (Å²) in [5.41, 5.74) is 1.47. The highest BCUT2D eigenvalue weighted by Crippen LogP contribution is 2.22. The summed E-state index contributed by atoms with van der Waals surface area (Å²) in [6.45, 7) is 3.37. The molecule has 0 aliphatic carbocycles. The predicted molar refractivity (Wildman–Crippen MR) is 84.5 cm³/mol. The fourth-order valence-corrected chi connectivity index (χ4v) is 2.72. The van der Waals surface area contributed by atoms with Gasteiger partial charge in [0.15, 0.2) is 9.84 Å². The molecule has 6 heteroatoms. The highest BCUT2D eigenvalue weighted by molar-refractivity contribution is 7.90. The number of aryl methyl sites for hydroxylation is 1. The molecule has 0 amide bonds. The molecule has 2 aromatic carbocycles. The van der Waals surface area contributed by atoms with E-state index in [1.165, 1.54) is 36.4 Å². The quantitative estimate of drug-likeness (QED) is 0.802. The van der Waals surface area contributed by atoms with Crippen molar-refractivity contribution in [3.63, 3.8) is 0 Å². The molecule has 0 saturated carbocycles. The van der Waals surface area contributed by atoms with Gasteiger partial charge in [-0.2, -0.15) is 0 Å². The highest BCUT2D eigenvalue weighted by atomic mass is 32.2. The first kappa shape index (κ1) is 17.1. The Bertz CT molecular complexity index is 826. The van der Waals surface area contributed by atoms with Crippen molar-refractivity contribution in [3.8, 4) is 0 Å². The van der Waals surface area contributed by atoms with Gasteiger partial charge in [0, 0.05) is 6.26 Å². The molecule has 0 aromatic heterocycles. The Morgan fingerprint density at radius 2 is 1.74 bits per heavy atom. The number of benzene rings is 2. The van der Waals surface area contributed by atoms with Gasteiger partial charge in [0.25, 0.3) is 0 Å². The van der Waals surface area contributed by atoms with E-state index in [-0.39, 0.29) is 16.3 Å². The van der Waals surface area contributed by atoms with Crippen molar-refractivity contribution in [2.24, 2.45) is 0 Å². The maximum absolute atomic E-state index is 12.9. The number of sulfone groups is 1. The van der Waals surface area contributed by atoms with Crippen molar-refractivity contribution in [2.75, 3.05) is 6.26 Å². The molecule has 0 unspecified atom stereocenters. The topological polar surface area (TPSA) is 60.4 Å². The zero-order chi connectivity index (χ0) is 17.2. The molecule has 0 saturated heterocycles. The fourth-order valence-electron chi connectivity index (χ4n) is 2.08. The van der Waals surface area contributed by atoms with Gasteiger partial charge >= 0.3 is 5.97 Å². The second kappa shape index (κ2) is 6.50. The lowest BCUT2D eigenvalue weighted by Gasteiger charge is -2.15. The predicted octanol–water partition coefficient (Wildman–Crippen LogP) is 3.46. The Balaban J connectivity index is 2.25. The molecule has 1 atom stereocenters. The van der Waals surface area contributed by atoms with Crippen LogP contribution in [0.3, 0.4) is 0 Å². The molecule has 4 nitrogen and oxygen atoms in total. The molecule has 2 rings (SSSR count). The largest absolute Gasteiger partial charge is 0.454 e. The number of halogens is 1. The number of hydrogen-bond acceptors (Lipinski definition) is 4. The lowest BCUT2D eigenvalue weighted by molar-refractivity contribution is 0.0336. The highest BCUT2D eigenvalue weighted by Gasteiger charge is 2.18. The van der Waals surface area contributed by atoms with E-state index in [1.807, 2.05) is 0 Å². The molecule has 2 aromatic rings. The smallest absolute Gasteiger partial charge is 0.339 e. The van der Waals surface area contributed by atoms with Crippen LogP contribution in [0.5, 0.6) is 0 Å². The SMILES string of the molecule is Cc1ccc(S(C)(=O)=O)cc1C(=O)O[C@H](C)c1ccc(F)cc1. The van der Waals surface area contributed by atoms with Crippen molar-refractivity contribution in [3.05, 3.63) is 65.0 Å². The molecule has 0 heterocycles. The standard InChI is InChI=1S/C17H17FO4S/c1-11-4-9-15(23(3,20)21)10-16(11)17(19)22-12(2)13-5-7-14(18)8-6-13/h4-10,12H,1-3H3/t12-/m1/s1. The third kappa shape index (κ3) is 4.16. The van der Waals surface area contributed by atoms with Gasteiger partial charge in [-0.05, 0) is 49.2 Å². The second-order valence-corrected chi connectivity index (χ2v) is 7.36. The zero-order valence-electron chi connectivity index (χ0n) is 13.0. The van der Waals surface area contributed by atoms with Crippen molar-refractivity contribution < 1.29 is 22.3 Å². The van der Waals surface area contributed by atoms with Crippen LogP contribution in [0.25, 0.3) is 0 Å². The average Bonchev–Trinajstić information content (AvgIpc) is 2.46. The number of rotatable bonds is 4. The van der Waals surface area contributed by atoms with Crippen LogP contribution in [0.15, 0.2) is 47.4 Å². The first-order chi connectivity index (χ1) is 10.7. The lowest BCUT2D eigenvalue weighted by atomic mass is 10.1. The molecule has 0 fully saturated rings. The minimum atomic E-state index is -3.41. The van der Waals surface area contributed by atoms with E-state index in [9.17, 15) is 17.6 Å². The second-order valence-electron chi connectivity index (χ2n) is 5.35. The molecule has 0 aliphatic heterocycles. The van der Waals surface area contributed by atoms with Gasteiger partial charge in [0.1, 0.15) is 11.9 Å². The molecular weight excluding hydrogens is 319 g/mol. The van der Waals surface area contributed by atoms with Gasteiger partial charge in [-0.15, -0.1) is 0 Å². The summed E-state index contributed by atoms with van der Waals surface area (Å²) in [6.07, 6.45) is 0.498. The van der Waals surface area contributed by atoms with Gasteiger partial charge in [0.2, 0.25) is 0 Å². The normalized spacial score (nSPS) is 12.7. The lowest BCUT2D eigenvalue weighted by Crippen LogP contribution is -2.12. The number of ether oxygens (including phenoxy) is 1. The third-order valence-electron chi connectivity index (χ3n) is 3.48. The van der Waals surface area contributed by atoms with Gasteiger partial charge in [-0.3, -0.25) is 0 Å². The Morgan fingerprint density at radius 1 is 1.13 bits per heavy atom. The van der Waals surface area contributed by atoms with Crippen LogP contribution in [0.1, 0.15) is 34.5 Å². The molecule has 0 N–H and O–H groups in total. The summed E-state index contributed by atoms with van der Waals surface area (Å²) in [6, 6.07) is 9.97. The minimum absolute atomic E-state index is 0.0597. The Labute approximate surface area is 134 Å². The summed E-state index contributed by atoms with van der Waals surface area (Å²) in [4.78, 5) is 12.4. The van der Waals surface area contributed by atoms with E-state index in [0.29, 0.717) is 11.1 Å². The number of esters is 1. The first-order valence-corrected chi connectivity index (χ1v) is 8.85. The monoisotopic (exact) mass is 336 g/mol. The first-order valence-electron chi connectivity index (χ1n) is 6.95. The number of hydrogen-bond donors (Lipinski definition) is 0. The molecule has 122 valence electrons. The van der Waals surface area contributed by atoms with Crippen molar-refractivity contribution in [1.29, 1.82) is 0 Å². The average molecular weight is 336 g/mol. The number of carbonyl (C=O) groups excluding carboxylic acids is 1. The minimum Gasteiger partial charge on any atom is -0.454 e. The van der Waals surface area contributed by atoms with Gasteiger partial charge in [0.05, 0.1) is 10.5 Å². The molecular formula is C17H17FO4S. The van der Waals surface area contributed by atoms with Crippen LogP contribution in [0.4, 0.5) is 4.39 Å². The van der Waals surface area contributed by atoms with E-state index < -0.39 is 21.9 Å². The van der Waals surface area contributed by atoms with Crippen LogP contribution in [-0.4, -0.2) is 20.6 Å². The molecule has 23 heavy (non-hydrogen) atoms. The van der Waals surface area contributed by atoms with Gasteiger partial charge < -0.3 is 4.74 Å². The molecule has 0 bridgehead atoms. The van der Waals surface area contributed by atoms with Crippen molar-refractivity contribution in [1.82, 2.24) is 0 Å². The van der Waals surface area contributed by atoms with Gasteiger partial charge in [-0.1, -0.05) is 18.2 Å². The summed E-state index contributed by atoms with van der Waals surface area (Å²) < 4.78 is 41.5. The summed E-state index contributed by atoms with van der Waals surface area (Å²) >= 11 is 0. The van der Waals surface area contributed by atoms with Crippen LogP contribution >= 0.6 is 0 Å². The maximum atomic E-state index is 12.9. The number of carbonyl (C=O) groups is 1. The zero-order valence-corrected chi connectivity index (χ0v) is 13.9. The van der Waals surface area contributed by atoms with Crippen LogP contribution in [0, 0.1) is 12.7 Å². The van der Waals surface area contributed by atoms with Crippen LogP contribution in [0.2, 0.25) is 0 Å². The van der Waals surface area contributed by atoms with E-state index >= 15 is 0 Å². The third-order valence-corrected chi connectivity index (χ3v) is 4.59. The maximum Gasteiger partial charge on any atom is 0.339 e. The summed E-state index contributed by atoms with van der Waals surface area (Å²) in [5.74, 6) is -0.992. The van der Waals surface area contributed by atoms with E-state index in [0.717, 1.165) is 6.26 Å². The molecule has 0 radical (unpaired) electrons. The van der Waals surface area contributed by atoms with E-state index in [2.05, 4.69) is 0 Å². The summed E-state index contributed by atoms with van der Waals surface area (Å²) in [7, 11) is -3.41.